The van der Waals surface area contributed by atoms with Gasteiger partial charge >= 0.3 is 0 Å². The number of nitrogens with zero attached hydrogens (tertiary/aromatic N) is 1. The second kappa shape index (κ2) is 8.51. The van der Waals surface area contributed by atoms with E-state index >= 15 is 0 Å². The van der Waals surface area contributed by atoms with Gasteiger partial charge in [-0.3, -0.25) is 4.79 Å². The van der Waals surface area contributed by atoms with Gasteiger partial charge in [0.05, 0.1) is 18.7 Å². The van der Waals surface area contributed by atoms with Gasteiger partial charge in [0.15, 0.2) is 0 Å². The number of benzene rings is 4. The van der Waals surface area contributed by atoms with Gasteiger partial charge in [-0.2, -0.15) is 0 Å². The molecule has 0 aliphatic heterocycles. The van der Waals surface area contributed by atoms with Crippen LogP contribution < -0.4 is 4.74 Å². The quantitative estimate of drug-likeness (QED) is 0.369. The Labute approximate surface area is 189 Å². The van der Waals surface area contributed by atoms with E-state index < -0.39 is 0 Å². The summed E-state index contributed by atoms with van der Waals surface area (Å²) in [6, 6.07) is 28.9. The molecule has 1 atom stereocenters. The molecule has 1 amide bonds. The molecule has 0 heterocycles. The molecule has 160 valence electrons. The Hall–Kier alpha value is -3.59. The first-order chi connectivity index (χ1) is 15.7. The van der Waals surface area contributed by atoms with Crippen LogP contribution in [0.1, 0.15) is 45.1 Å². The van der Waals surface area contributed by atoms with Crippen LogP contribution in [-0.2, 0) is 13.0 Å². The van der Waals surface area contributed by atoms with Crippen molar-refractivity contribution >= 4 is 16.7 Å². The Balaban J connectivity index is 1.64. The van der Waals surface area contributed by atoms with Crippen molar-refractivity contribution < 1.29 is 9.53 Å². The van der Waals surface area contributed by atoms with Gasteiger partial charge in [0.2, 0.25) is 0 Å². The average molecular weight is 422 g/mol. The largest absolute Gasteiger partial charge is 0.496 e. The van der Waals surface area contributed by atoms with Crippen LogP contribution in [-0.4, -0.2) is 17.9 Å². The predicted molar refractivity (Wildman–Crippen MR) is 129 cm³/mol. The molecule has 3 heteroatoms. The van der Waals surface area contributed by atoms with Crippen molar-refractivity contribution in [3.63, 3.8) is 0 Å². The molecule has 3 nitrogen and oxygen atoms in total. The molecule has 5 rings (SSSR count). The van der Waals surface area contributed by atoms with E-state index in [1.807, 2.05) is 41.3 Å². The molecule has 0 saturated heterocycles. The lowest BCUT2D eigenvalue weighted by atomic mass is 9.99. The van der Waals surface area contributed by atoms with E-state index in [0.29, 0.717) is 17.9 Å². The third kappa shape index (κ3) is 3.64. The second-order valence-corrected chi connectivity index (χ2v) is 8.54. The van der Waals surface area contributed by atoms with Crippen LogP contribution in [0.5, 0.6) is 5.75 Å². The topological polar surface area (TPSA) is 29.5 Å². The van der Waals surface area contributed by atoms with Crippen molar-refractivity contribution in [2.45, 2.75) is 32.4 Å². The molecule has 1 aliphatic carbocycles. The maximum atomic E-state index is 14.3. The first-order valence-corrected chi connectivity index (χ1v) is 11.2. The summed E-state index contributed by atoms with van der Waals surface area (Å²) in [7, 11) is 1.64. The lowest BCUT2D eigenvalue weighted by Crippen LogP contribution is -2.34. The monoisotopic (exact) mass is 421 g/mol. The van der Waals surface area contributed by atoms with E-state index in [1.165, 1.54) is 16.7 Å². The van der Waals surface area contributed by atoms with E-state index in [-0.39, 0.29) is 11.9 Å². The number of aryl methyl sites for hydroxylation is 2. The predicted octanol–water partition coefficient (Wildman–Crippen LogP) is 6.49. The molecule has 0 radical (unpaired) electrons. The Kier molecular flexibility index (Phi) is 5.40. The highest BCUT2D eigenvalue weighted by atomic mass is 16.5. The average Bonchev–Trinajstić information content (AvgIpc) is 3.25. The number of ether oxygens (including phenoxy) is 1. The normalized spacial score (nSPS) is 14.9. The second-order valence-electron chi connectivity index (χ2n) is 8.54. The minimum atomic E-state index is 0.0156. The smallest absolute Gasteiger partial charge is 0.259 e. The fraction of sp³-hybridized carbons (Fsp3) is 0.207. The summed E-state index contributed by atoms with van der Waals surface area (Å²) < 4.78 is 5.68. The summed E-state index contributed by atoms with van der Waals surface area (Å²) >= 11 is 0. The van der Waals surface area contributed by atoms with Crippen LogP contribution in [0.25, 0.3) is 10.8 Å². The van der Waals surface area contributed by atoms with Crippen LogP contribution in [0.2, 0.25) is 0 Å². The van der Waals surface area contributed by atoms with Crippen molar-refractivity contribution in [3.8, 4) is 5.75 Å². The van der Waals surface area contributed by atoms with Gasteiger partial charge < -0.3 is 9.64 Å². The summed E-state index contributed by atoms with van der Waals surface area (Å²) in [6.45, 7) is 2.65. The Bertz CT molecular complexity index is 1290. The number of hydrogen-bond donors (Lipinski definition) is 0. The van der Waals surface area contributed by atoms with Gasteiger partial charge in [-0.25, -0.2) is 0 Å². The molecule has 1 aliphatic rings. The van der Waals surface area contributed by atoms with E-state index in [0.717, 1.165) is 29.2 Å². The summed E-state index contributed by atoms with van der Waals surface area (Å²) in [5.74, 6) is 0.635. The SMILES string of the molecule is COc1ccc2ccccc2c1C(=O)N(Cc1cccc(C)c1)C1CCc2ccccc21. The number of carbonyl (C=O) groups excluding carboxylic acids is 1. The van der Waals surface area contributed by atoms with E-state index in [9.17, 15) is 4.79 Å². The fourth-order valence-electron chi connectivity index (χ4n) is 4.97. The molecular formula is C29H27NO2. The van der Waals surface area contributed by atoms with Crippen molar-refractivity contribution in [3.05, 3.63) is 113 Å². The molecule has 0 aromatic heterocycles. The Morgan fingerprint density at radius 1 is 0.969 bits per heavy atom. The summed E-state index contributed by atoms with van der Waals surface area (Å²) in [6.07, 6.45) is 1.93. The first kappa shape index (κ1) is 20.3. The molecule has 0 spiro atoms. The zero-order chi connectivity index (χ0) is 22.1. The minimum absolute atomic E-state index is 0.0156. The highest BCUT2D eigenvalue weighted by Gasteiger charge is 2.33. The highest BCUT2D eigenvalue weighted by molar-refractivity contribution is 6.09. The fourth-order valence-corrected chi connectivity index (χ4v) is 4.97. The third-order valence-electron chi connectivity index (χ3n) is 6.50. The summed E-state index contributed by atoms with van der Waals surface area (Å²) in [5, 5.41) is 1.97. The zero-order valence-electron chi connectivity index (χ0n) is 18.5. The summed E-state index contributed by atoms with van der Waals surface area (Å²) in [4.78, 5) is 16.3. The van der Waals surface area contributed by atoms with Gasteiger partial charge in [-0.05, 0) is 53.3 Å². The van der Waals surface area contributed by atoms with Crippen LogP contribution in [0.15, 0.2) is 84.9 Å². The van der Waals surface area contributed by atoms with Crippen LogP contribution >= 0.6 is 0 Å². The van der Waals surface area contributed by atoms with Gasteiger partial charge in [-0.15, -0.1) is 0 Å². The van der Waals surface area contributed by atoms with E-state index in [1.54, 1.807) is 7.11 Å². The van der Waals surface area contributed by atoms with Crippen LogP contribution in [0, 0.1) is 6.92 Å². The molecule has 0 bridgehead atoms. The van der Waals surface area contributed by atoms with Crippen LogP contribution in [0.3, 0.4) is 0 Å². The number of carbonyl (C=O) groups is 1. The molecule has 4 aromatic carbocycles. The first-order valence-electron chi connectivity index (χ1n) is 11.2. The molecule has 0 saturated carbocycles. The lowest BCUT2D eigenvalue weighted by molar-refractivity contribution is 0.0657. The van der Waals surface area contributed by atoms with Crippen molar-refractivity contribution in [1.29, 1.82) is 0 Å². The highest BCUT2D eigenvalue weighted by Crippen LogP contribution is 2.39. The van der Waals surface area contributed by atoms with Gasteiger partial charge in [0.25, 0.3) is 5.91 Å². The molecule has 1 unspecified atom stereocenters. The Morgan fingerprint density at radius 2 is 1.78 bits per heavy atom. The number of fused-ring (bicyclic) bond motifs is 2. The number of hydrogen-bond acceptors (Lipinski definition) is 2. The lowest BCUT2D eigenvalue weighted by Gasteiger charge is -2.31. The van der Waals surface area contributed by atoms with Gasteiger partial charge in [-0.1, -0.05) is 84.4 Å². The van der Waals surface area contributed by atoms with E-state index in [4.69, 9.17) is 4.74 Å². The van der Waals surface area contributed by atoms with Crippen molar-refractivity contribution in [1.82, 2.24) is 4.90 Å². The molecule has 0 fully saturated rings. The third-order valence-corrected chi connectivity index (χ3v) is 6.50. The zero-order valence-corrected chi connectivity index (χ0v) is 18.5. The van der Waals surface area contributed by atoms with Crippen molar-refractivity contribution in [2.75, 3.05) is 7.11 Å². The van der Waals surface area contributed by atoms with E-state index in [2.05, 4.69) is 55.5 Å². The Morgan fingerprint density at radius 3 is 2.62 bits per heavy atom. The molecule has 32 heavy (non-hydrogen) atoms. The number of amides is 1. The molecule has 0 N–H and O–H groups in total. The maximum absolute atomic E-state index is 14.3. The minimum Gasteiger partial charge on any atom is -0.496 e. The van der Waals surface area contributed by atoms with Crippen LogP contribution in [0.4, 0.5) is 0 Å². The maximum Gasteiger partial charge on any atom is 0.259 e. The van der Waals surface area contributed by atoms with Gasteiger partial charge in [0, 0.05) is 6.54 Å². The van der Waals surface area contributed by atoms with Gasteiger partial charge in [0.1, 0.15) is 5.75 Å². The molecule has 4 aromatic rings. The summed E-state index contributed by atoms with van der Waals surface area (Å²) in [5.41, 5.74) is 5.58. The standard InChI is InChI=1S/C29H27NO2/c1-20-8-7-9-21(18-20)19-30(26-16-14-22-10-3-5-12-24(22)26)29(31)28-25-13-6-4-11-23(25)15-17-27(28)32-2/h3-13,15,17-18,26H,14,16,19H2,1-2H3. The van der Waals surface area contributed by atoms with Crippen molar-refractivity contribution in [2.24, 2.45) is 0 Å². The number of rotatable bonds is 5. The number of methoxy groups -OCH3 is 1. The molecular weight excluding hydrogens is 394 g/mol.